The van der Waals surface area contributed by atoms with Crippen LogP contribution in [0.4, 0.5) is 13.2 Å². The van der Waals surface area contributed by atoms with Crippen molar-refractivity contribution in [2.75, 3.05) is 6.67 Å². The van der Waals surface area contributed by atoms with Gasteiger partial charge >= 0.3 is 16.5 Å². The van der Waals surface area contributed by atoms with Gasteiger partial charge in [0.25, 0.3) is 0 Å². The van der Waals surface area contributed by atoms with E-state index in [0.717, 1.165) is 0 Å². The van der Waals surface area contributed by atoms with Crippen LogP contribution in [0.1, 0.15) is 12.8 Å². The van der Waals surface area contributed by atoms with Crippen molar-refractivity contribution in [3.8, 4) is 0 Å². The third-order valence-corrected chi connectivity index (χ3v) is 1.28. The average molecular weight is 208 g/mol. The lowest BCUT2D eigenvalue weighted by atomic mass is 10.3. The number of hydrogen-bond donors (Lipinski definition) is 1. The summed E-state index contributed by atoms with van der Waals surface area (Å²) in [5.74, 6) is 0. The summed E-state index contributed by atoms with van der Waals surface area (Å²) >= 11 is 0. The lowest BCUT2D eigenvalue weighted by molar-refractivity contribution is -0.182. The van der Waals surface area contributed by atoms with Gasteiger partial charge in [0.2, 0.25) is 0 Å². The second-order valence-electron chi connectivity index (χ2n) is 1.94. The molecule has 0 bridgehead atoms. The van der Waals surface area contributed by atoms with Crippen molar-refractivity contribution in [2.24, 2.45) is 0 Å². The van der Waals surface area contributed by atoms with E-state index in [0.29, 0.717) is 0 Å². The molecule has 4 nitrogen and oxygen atoms in total. The molecule has 0 rings (SSSR count). The van der Waals surface area contributed by atoms with Crippen LogP contribution >= 0.6 is 0 Å². The highest BCUT2D eigenvalue weighted by Crippen LogP contribution is 2.23. The van der Waals surface area contributed by atoms with E-state index in [4.69, 9.17) is 4.55 Å². The molecule has 0 aromatic carbocycles. The van der Waals surface area contributed by atoms with Gasteiger partial charge in [0.15, 0.2) is 0 Å². The first-order valence-corrected chi connectivity index (χ1v) is 4.25. The first-order valence-electron chi connectivity index (χ1n) is 2.89. The smallest absolute Gasteiger partial charge is 0.263 e. The van der Waals surface area contributed by atoms with Crippen molar-refractivity contribution in [1.82, 2.24) is 0 Å². The van der Waals surface area contributed by atoms with E-state index >= 15 is 0 Å². The molecule has 0 aliphatic heterocycles. The summed E-state index contributed by atoms with van der Waals surface area (Å²) in [4.78, 5) is 0. The average Bonchev–Trinajstić information content (AvgIpc) is 1.78. The van der Waals surface area contributed by atoms with Crippen LogP contribution in [0, 0.1) is 0 Å². The molecule has 0 unspecified atom stereocenters. The maximum atomic E-state index is 12.2. The number of rotatable bonds is 5. The van der Waals surface area contributed by atoms with Crippen molar-refractivity contribution in [1.29, 1.82) is 0 Å². The molecule has 0 heterocycles. The molecular formula is C4H7F3O4S. The molecule has 0 aromatic heterocycles. The molecule has 0 aromatic rings. The van der Waals surface area contributed by atoms with Crippen molar-refractivity contribution in [3.63, 3.8) is 0 Å². The molecule has 0 spiro atoms. The monoisotopic (exact) mass is 208 g/mol. The number of halogens is 3. The van der Waals surface area contributed by atoms with Gasteiger partial charge in [-0.3, -0.25) is 8.94 Å². The van der Waals surface area contributed by atoms with Gasteiger partial charge in [0.05, 0.1) is 6.67 Å². The first-order chi connectivity index (χ1) is 5.27. The topological polar surface area (TPSA) is 63.6 Å². The summed E-state index contributed by atoms with van der Waals surface area (Å²) in [5.41, 5.74) is 0. The van der Waals surface area contributed by atoms with Crippen LogP contribution in [0.25, 0.3) is 0 Å². The Balaban J connectivity index is 4.04. The quantitative estimate of drug-likeness (QED) is 0.688. The van der Waals surface area contributed by atoms with Crippen LogP contribution in [0.3, 0.4) is 0 Å². The fraction of sp³-hybridized carbons (Fsp3) is 1.00. The minimum atomic E-state index is -5.18. The normalized spacial score (nSPS) is 13.3. The molecule has 8 heteroatoms. The highest BCUT2D eigenvalue weighted by atomic mass is 32.3. The summed E-state index contributed by atoms with van der Waals surface area (Å²) in [5, 5.41) is 0. The van der Waals surface area contributed by atoms with Gasteiger partial charge in [-0.25, -0.2) is 0 Å². The molecule has 0 saturated heterocycles. The Kier molecular flexibility index (Phi) is 3.94. The SMILES string of the molecule is O=S(=O)(O)OC(F)(F)CCCF. The van der Waals surface area contributed by atoms with Gasteiger partial charge in [-0.05, 0) is 6.42 Å². The molecule has 0 aliphatic carbocycles. The van der Waals surface area contributed by atoms with Gasteiger partial charge in [-0.15, -0.1) is 0 Å². The van der Waals surface area contributed by atoms with Crippen molar-refractivity contribution in [2.45, 2.75) is 19.0 Å². The number of hydrogen-bond acceptors (Lipinski definition) is 3. The van der Waals surface area contributed by atoms with Gasteiger partial charge in [0, 0.05) is 6.42 Å². The Morgan fingerprint density at radius 1 is 1.42 bits per heavy atom. The van der Waals surface area contributed by atoms with Crippen LogP contribution in [0.2, 0.25) is 0 Å². The highest BCUT2D eigenvalue weighted by Gasteiger charge is 2.35. The summed E-state index contributed by atoms with van der Waals surface area (Å²) in [6.07, 6.45) is -5.68. The van der Waals surface area contributed by atoms with Gasteiger partial charge in [-0.2, -0.15) is 21.4 Å². The van der Waals surface area contributed by atoms with E-state index in [1.54, 1.807) is 0 Å². The lowest BCUT2D eigenvalue weighted by Gasteiger charge is -2.12. The van der Waals surface area contributed by atoms with Crippen LogP contribution < -0.4 is 0 Å². The van der Waals surface area contributed by atoms with Crippen molar-refractivity contribution >= 4 is 10.4 Å². The molecule has 0 radical (unpaired) electrons. The van der Waals surface area contributed by atoms with Crippen molar-refractivity contribution in [3.05, 3.63) is 0 Å². The zero-order valence-corrected chi connectivity index (χ0v) is 6.65. The van der Waals surface area contributed by atoms with Gasteiger partial charge < -0.3 is 0 Å². The van der Waals surface area contributed by atoms with E-state index in [9.17, 15) is 21.6 Å². The minimum Gasteiger partial charge on any atom is -0.263 e. The zero-order chi connectivity index (χ0) is 9.83. The molecule has 0 amide bonds. The standard InChI is InChI=1S/C4H7F3O4S/c5-3-1-2-4(6,7)11-12(8,9)10/h1-3H2,(H,8,9,10). The molecule has 0 fully saturated rings. The van der Waals surface area contributed by atoms with Crippen molar-refractivity contribution < 1.29 is 30.3 Å². The largest absolute Gasteiger partial charge is 0.402 e. The second-order valence-corrected chi connectivity index (χ2v) is 2.96. The molecule has 12 heavy (non-hydrogen) atoms. The number of alkyl halides is 3. The lowest BCUT2D eigenvalue weighted by Crippen LogP contribution is -2.24. The van der Waals surface area contributed by atoms with Crippen LogP contribution in [-0.4, -0.2) is 25.8 Å². The summed E-state index contributed by atoms with van der Waals surface area (Å²) in [7, 11) is -5.18. The third kappa shape index (κ3) is 6.38. The summed E-state index contributed by atoms with van der Waals surface area (Å²) in [6, 6.07) is 0. The Labute approximate surface area is 67.3 Å². The Hall–Kier alpha value is -0.340. The van der Waals surface area contributed by atoms with E-state index in [1.807, 2.05) is 0 Å². The zero-order valence-electron chi connectivity index (χ0n) is 5.84. The fourth-order valence-electron chi connectivity index (χ4n) is 0.468. The van der Waals surface area contributed by atoms with E-state index < -0.39 is 36.0 Å². The first kappa shape index (κ1) is 11.7. The van der Waals surface area contributed by atoms with Gasteiger partial charge in [-0.1, -0.05) is 0 Å². The Morgan fingerprint density at radius 3 is 2.25 bits per heavy atom. The summed E-state index contributed by atoms with van der Waals surface area (Å²) < 4.78 is 66.0. The Bertz CT molecular complexity index is 224. The van der Waals surface area contributed by atoms with Crippen LogP contribution in [0.5, 0.6) is 0 Å². The molecule has 0 atom stereocenters. The van der Waals surface area contributed by atoms with E-state index in [-0.39, 0.29) is 0 Å². The second kappa shape index (κ2) is 4.06. The summed E-state index contributed by atoms with van der Waals surface area (Å²) in [6.45, 7) is -1.01. The van der Waals surface area contributed by atoms with E-state index in [1.165, 1.54) is 0 Å². The van der Waals surface area contributed by atoms with Crippen LogP contribution in [-0.2, 0) is 14.6 Å². The van der Waals surface area contributed by atoms with Gasteiger partial charge in [0.1, 0.15) is 0 Å². The molecule has 74 valence electrons. The molecule has 0 aliphatic rings. The predicted octanol–water partition coefficient (Wildman–Crippen LogP) is 1.15. The molecular weight excluding hydrogens is 201 g/mol. The highest BCUT2D eigenvalue weighted by molar-refractivity contribution is 7.80. The minimum absolute atomic E-state index is 0.539. The molecule has 0 saturated carbocycles. The fourth-order valence-corrected chi connectivity index (χ4v) is 0.860. The molecule has 1 N–H and O–H groups in total. The predicted molar refractivity (Wildman–Crippen MR) is 32.8 cm³/mol. The Morgan fingerprint density at radius 2 is 1.92 bits per heavy atom. The van der Waals surface area contributed by atoms with Crippen LogP contribution in [0.15, 0.2) is 0 Å². The maximum absolute atomic E-state index is 12.2. The maximum Gasteiger partial charge on any atom is 0.402 e. The third-order valence-electron chi connectivity index (χ3n) is 0.829. The van der Waals surface area contributed by atoms with E-state index in [2.05, 4.69) is 4.18 Å².